The number of ether oxygens (including phenoxy) is 1. The van der Waals surface area contributed by atoms with Gasteiger partial charge >= 0.3 is 0 Å². The Morgan fingerprint density at radius 1 is 1.10 bits per heavy atom. The van der Waals surface area contributed by atoms with Crippen LogP contribution < -0.4 is 10.1 Å². The lowest BCUT2D eigenvalue weighted by atomic mass is 9.87. The second-order valence-corrected chi connectivity index (χ2v) is 8.57. The van der Waals surface area contributed by atoms with Crippen LogP contribution in [0.3, 0.4) is 0 Å². The quantitative estimate of drug-likeness (QED) is 0.626. The molecule has 0 radical (unpaired) electrons. The van der Waals surface area contributed by atoms with Crippen LogP contribution >= 0.6 is 0 Å². The van der Waals surface area contributed by atoms with E-state index < -0.39 is 0 Å². The van der Waals surface area contributed by atoms with E-state index in [2.05, 4.69) is 5.32 Å². The molecule has 0 bridgehead atoms. The van der Waals surface area contributed by atoms with E-state index in [-0.39, 0.29) is 29.1 Å². The first-order valence-corrected chi connectivity index (χ1v) is 10.6. The number of rotatable bonds is 3. The first-order chi connectivity index (χ1) is 14.5. The summed E-state index contributed by atoms with van der Waals surface area (Å²) in [5, 5.41) is 3.69. The Labute approximate surface area is 175 Å². The van der Waals surface area contributed by atoms with E-state index in [9.17, 15) is 9.59 Å². The highest BCUT2D eigenvalue weighted by Gasteiger charge is 2.43. The van der Waals surface area contributed by atoms with Crippen LogP contribution in [-0.4, -0.2) is 17.3 Å². The SMILES string of the molecule is Cc1c(C(=O)NC(C)c2ccccc2)oc2ccc3c(c12)C(=O)CC1(CCCC1)O3. The number of hydrogen-bond donors (Lipinski definition) is 1. The fourth-order valence-electron chi connectivity index (χ4n) is 4.94. The molecule has 154 valence electrons. The molecule has 1 aromatic heterocycles. The predicted molar refractivity (Wildman–Crippen MR) is 114 cm³/mol. The van der Waals surface area contributed by atoms with Gasteiger partial charge in [-0.3, -0.25) is 9.59 Å². The smallest absolute Gasteiger partial charge is 0.287 e. The van der Waals surface area contributed by atoms with Crippen molar-refractivity contribution in [2.75, 3.05) is 0 Å². The molecular formula is C25H25NO4. The van der Waals surface area contributed by atoms with E-state index in [0.29, 0.717) is 34.3 Å². The Hall–Kier alpha value is -3.08. The maximum Gasteiger partial charge on any atom is 0.287 e. The van der Waals surface area contributed by atoms with Crippen molar-refractivity contribution in [3.05, 3.63) is 64.9 Å². The number of benzene rings is 2. The van der Waals surface area contributed by atoms with Gasteiger partial charge in [-0.15, -0.1) is 0 Å². The van der Waals surface area contributed by atoms with E-state index in [1.54, 1.807) is 6.07 Å². The van der Waals surface area contributed by atoms with Crippen LogP contribution in [0.15, 0.2) is 46.9 Å². The van der Waals surface area contributed by atoms with E-state index in [1.807, 2.05) is 50.2 Å². The van der Waals surface area contributed by atoms with Gasteiger partial charge in [-0.05, 0) is 57.2 Å². The summed E-state index contributed by atoms with van der Waals surface area (Å²) in [6.45, 7) is 3.77. The Kier molecular flexibility index (Phi) is 4.42. The minimum atomic E-state index is -0.347. The van der Waals surface area contributed by atoms with E-state index in [0.717, 1.165) is 31.2 Å². The van der Waals surface area contributed by atoms with Crippen LogP contribution in [0.4, 0.5) is 0 Å². The Morgan fingerprint density at radius 3 is 2.57 bits per heavy atom. The van der Waals surface area contributed by atoms with Crippen LogP contribution in [0.25, 0.3) is 11.0 Å². The van der Waals surface area contributed by atoms with Gasteiger partial charge in [0.1, 0.15) is 16.9 Å². The number of fused-ring (bicyclic) bond motifs is 3. The second-order valence-electron chi connectivity index (χ2n) is 8.57. The highest BCUT2D eigenvalue weighted by Crippen LogP contribution is 2.46. The third-order valence-corrected chi connectivity index (χ3v) is 6.51. The molecule has 1 N–H and O–H groups in total. The number of carbonyl (C=O) groups excluding carboxylic acids is 2. The minimum absolute atomic E-state index is 0.0808. The normalized spacial score (nSPS) is 18.3. The predicted octanol–water partition coefficient (Wildman–Crippen LogP) is 5.51. The summed E-state index contributed by atoms with van der Waals surface area (Å²) >= 11 is 0. The molecule has 2 aliphatic rings. The molecule has 1 amide bonds. The summed E-state index contributed by atoms with van der Waals surface area (Å²) in [5.74, 6) is 0.659. The zero-order valence-corrected chi connectivity index (χ0v) is 17.3. The van der Waals surface area contributed by atoms with Gasteiger partial charge in [0.2, 0.25) is 0 Å². The monoisotopic (exact) mass is 403 g/mol. The number of hydrogen-bond acceptors (Lipinski definition) is 4. The molecule has 2 aromatic carbocycles. The molecule has 0 saturated heterocycles. The number of Topliss-reactive ketones (excluding diaryl/α,β-unsaturated/α-hetero) is 1. The first kappa shape index (κ1) is 18.9. The Morgan fingerprint density at radius 2 is 1.83 bits per heavy atom. The van der Waals surface area contributed by atoms with Crippen molar-refractivity contribution in [1.29, 1.82) is 0 Å². The van der Waals surface area contributed by atoms with Crippen molar-refractivity contribution in [3.63, 3.8) is 0 Å². The van der Waals surface area contributed by atoms with Crippen LogP contribution in [-0.2, 0) is 0 Å². The van der Waals surface area contributed by atoms with E-state index >= 15 is 0 Å². The van der Waals surface area contributed by atoms with Crippen LogP contribution in [0.1, 0.15) is 77.1 Å². The molecule has 30 heavy (non-hydrogen) atoms. The highest BCUT2D eigenvalue weighted by atomic mass is 16.5. The van der Waals surface area contributed by atoms with E-state index in [4.69, 9.17) is 9.15 Å². The van der Waals surface area contributed by atoms with Gasteiger partial charge in [0.25, 0.3) is 5.91 Å². The number of amides is 1. The molecule has 1 spiro atoms. The van der Waals surface area contributed by atoms with Crippen LogP contribution in [0, 0.1) is 6.92 Å². The van der Waals surface area contributed by atoms with Crippen LogP contribution in [0.2, 0.25) is 0 Å². The molecule has 2 heterocycles. The van der Waals surface area contributed by atoms with Gasteiger partial charge in [0.15, 0.2) is 11.5 Å². The van der Waals surface area contributed by atoms with Crippen molar-refractivity contribution in [2.24, 2.45) is 0 Å². The zero-order chi connectivity index (χ0) is 20.9. The van der Waals surface area contributed by atoms with Crippen molar-refractivity contribution >= 4 is 22.7 Å². The molecule has 1 atom stereocenters. The Balaban J connectivity index is 1.50. The van der Waals surface area contributed by atoms with Crippen molar-refractivity contribution in [3.8, 4) is 5.75 Å². The molecule has 3 aromatic rings. The average Bonchev–Trinajstić information content (AvgIpc) is 3.32. The minimum Gasteiger partial charge on any atom is -0.486 e. The van der Waals surface area contributed by atoms with E-state index in [1.165, 1.54) is 0 Å². The molecule has 1 unspecified atom stereocenters. The number of ketones is 1. The van der Waals surface area contributed by atoms with Crippen LogP contribution in [0.5, 0.6) is 5.75 Å². The molecule has 5 nitrogen and oxygen atoms in total. The maximum atomic E-state index is 13.1. The lowest BCUT2D eigenvalue weighted by Crippen LogP contribution is -2.39. The van der Waals surface area contributed by atoms with Crippen molar-refractivity contribution in [2.45, 2.75) is 57.6 Å². The summed E-state index contributed by atoms with van der Waals surface area (Å²) in [4.78, 5) is 26.1. The highest BCUT2D eigenvalue weighted by molar-refractivity contribution is 6.13. The van der Waals surface area contributed by atoms with Crippen molar-refractivity contribution in [1.82, 2.24) is 5.32 Å². The molecule has 1 saturated carbocycles. The third-order valence-electron chi connectivity index (χ3n) is 6.51. The number of aryl methyl sites for hydroxylation is 1. The standard InChI is InChI=1S/C25H25NO4/c1-15-21-19(29-23(15)24(28)26-16(2)17-8-4-3-5-9-17)10-11-20-22(21)18(27)14-25(30-20)12-6-7-13-25/h3-5,8-11,16H,6-7,12-14H2,1-2H3,(H,26,28). The average molecular weight is 403 g/mol. The Bertz CT molecular complexity index is 1140. The molecule has 1 fully saturated rings. The summed E-state index contributed by atoms with van der Waals surface area (Å²) in [7, 11) is 0. The summed E-state index contributed by atoms with van der Waals surface area (Å²) in [6.07, 6.45) is 4.44. The fourth-order valence-corrected chi connectivity index (χ4v) is 4.94. The van der Waals surface area contributed by atoms with Gasteiger partial charge in [0, 0.05) is 10.9 Å². The van der Waals surface area contributed by atoms with Gasteiger partial charge in [-0.2, -0.15) is 0 Å². The number of nitrogens with one attached hydrogen (secondary N) is 1. The number of carbonyl (C=O) groups is 2. The third kappa shape index (κ3) is 3.00. The fraction of sp³-hybridized carbons (Fsp3) is 0.360. The summed E-state index contributed by atoms with van der Waals surface area (Å²) in [6, 6.07) is 13.2. The maximum absolute atomic E-state index is 13.1. The molecule has 5 heteroatoms. The molecule has 5 rings (SSSR count). The lowest BCUT2D eigenvalue weighted by molar-refractivity contribution is 0.0454. The zero-order valence-electron chi connectivity index (χ0n) is 17.3. The van der Waals surface area contributed by atoms with Gasteiger partial charge in [0.05, 0.1) is 18.0 Å². The first-order valence-electron chi connectivity index (χ1n) is 10.6. The lowest BCUT2D eigenvalue weighted by Gasteiger charge is -2.34. The molecule has 1 aliphatic heterocycles. The van der Waals surface area contributed by atoms with Gasteiger partial charge in [-0.1, -0.05) is 30.3 Å². The largest absolute Gasteiger partial charge is 0.486 e. The summed E-state index contributed by atoms with van der Waals surface area (Å²) in [5.41, 5.74) is 2.45. The van der Waals surface area contributed by atoms with Gasteiger partial charge < -0.3 is 14.5 Å². The molecular weight excluding hydrogens is 378 g/mol. The topological polar surface area (TPSA) is 68.5 Å². The number of furan rings is 1. The molecule has 1 aliphatic carbocycles. The van der Waals surface area contributed by atoms with Crippen molar-refractivity contribution < 1.29 is 18.7 Å². The summed E-state index contributed by atoms with van der Waals surface area (Å²) < 4.78 is 12.3. The second kappa shape index (κ2) is 7.01. The van der Waals surface area contributed by atoms with Gasteiger partial charge in [-0.25, -0.2) is 0 Å².